The maximum Gasteiger partial charge on any atom is 0.417 e. The van der Waals surface area contributed by atoms with Crippen LogP contribution in [0.4, 0.5) is 9.59 Å². The van der Waals surface area contributed by atoms with E-state index in [9.17, 15) is 27.6 Å². The molecule has 2 fully saturated rings. The molecule has 0 saturated carbocycles. The highest BCUT2D eigenvalue weighted by Crippen LogP contribution is 2.29. The highest BCUT2D eigenvalue weighted by atomic mass is 32.2. The smallest absolute Gasteiger partial charge is 0.417 e. The summed E-state index contributed by atoms with van der Waals surface area (Å²) < 4.78 is 39.9. The summed E-state index contributed by atoms with van der Waals surface area (Å²) in [6.07, 6.45) is 3.35. The number of carbonyl (C=O) groups is 4. The molecule has 2 aliphatic rings. The van der Waals surface area contributed by atoms with Crippen molar-refractivity contribution >= 4 is 34.1 Å². The van der Waals surface area contributed by atoms with Crippen LogP contribution in [0.1, 0.15) is 86.5 Å². The summed E-state index contributed by atoms with van der Waals surface area (Å²) in [4.78, 5) is 53.0. The lowest BCUT2D eigenvalue weighted by Gasteiger charge is -2.35. The van der Waals surface area contributed by atoms with E-state index in [-0.39, 0.29) is 19.5 Å². The molecule has 2 heterocycles. The molecule has 38 heavy (non-hydrogen) atoms. The number of amides is 4. The molecule has 0 aromatic heterocycles. The average molecular weight is 559 g/mol. The number of hydrogen-bond acceptors (Lipinski definition) is 9. The van der Waals surface area contributed by atoms with Gasteiger partial charge in [0, 0.05) is 18.7 Å². The van der Waals surface area contributed by atoms with Crippen molar-refractivity contribution in [2.45, 2.75) is 104 Å². The first kappa shape index (κ1) is 31.7. The molecule has 0 aromatic rings. The van der Waals surface area contributed by atoms with Crippen molar-refractivity contribution < 1.29 is 41.3 Å². The summed E-state index contributed by atoms with van der Waals surface area (Å²) in [6, 6.07) is 0. The van der Waals surface area contributed by atoms with E-state index in [0.29, 0.717) is 44.1 Å². The molecule has 2 rings (SSSR count). The summed E-state index contributed by atoms with van der Waals surface area (Å²) in [5.74, 6) is -1.74. The Morgan fingerprint density at radius 3 is 2.08 bits per heavy atom. The number of ether oxygens (including phenoxy) is 2. The van der Waals surface area contributed by atoms with Crippen molar-refractivity contribution in [1.29, 1.82) is 0 Å². The van der Waals surface area contributed by atoms with Gasteiger partial charge in [0.15, 0.2) is 0 Å². The Labute approximate surface area is 226 Å². The number of hydrogen-bond donors (Lipinski definition) is 0. The third-order valence-electron chi connectivity index (χ3n) is 5.89. The molecular weight excluding hydrogens is 516 g/mol. The van der Waals surface area contributed by atoms with Gasteiger partial charge in [-0.15, -0.1) is 0 Å². The van der Waals surface area contributed by atoms with Gasteiger partial charge in [0.2, 0.25) is 5.91 Å². The molecule has 12 heteroatoms. The maximum atomic E-state index is 13.1. The summed E-state index contributed by atoms with van der Waals surface area (Å²) in [6.45, 7) is 10.8. The number of rotatable bonds is 7. The molecule has 0 bridgehead atoms. The number of likely N-dealkylation sites (tertiary alicyclic amines) is 2. The van der Waals surface area contributed by atoms with Gasteiger partial charge in [-0.3, -0.25) is 13.8 Å². The Hall–Kier alpha value is -2.47. The Bertz CT molecular complexity index is 1040. The predicted molar refractivity (Wildman–Crippen MR) is 140 cm³/mol. The standard InChI is InChI=1S/C26H42N2O9S/c1-25(2,3)35-23(31)27-16-10-13-18(21(27)29)12-8-9-15-20(37-38(7,33)34)19-14-11-17-28(22(19)30)24(32)36-26(4,5)6/h12,19-20H,8-11,13-17H2,1-7H3/b18-12+. The zero-order chi connectivity index (χ0) is 28.9. The van der Waals surface area contributed by atoms with Gasteiger partial charge in [-0.25, -0.2) is 19.4 Å². The Kier molecular flexibility index (Phi) is 10.5. The third kappa shape index (κ3) is 10.0. The Balaban J connectivity index is 2.07. The predicted octanol–water partition coefficient (Wildman–Crippen LogP) is 4.16. The van der Waals surface area contributed by atoms with Crippen LogP contribution in [0, 0.1) is 5.92 Å². The molecular formula is C26H42N2O9S. The number of carbonyl (C=O) groups excluding carboxylic acids is 4. The second-order valence-corrected chi connectivity index (χ2v) is 13.4. The minimum Gasteiger partial charge on any atom is -0.443 e. The first-order chi connectivity index (χ1) is 17.4. The summed E-state index contributed by atoms with van der Waals surface area (Å²) >= 11 is 0. The van der Waals surface area contributed by atoms with E-state index in [2.05, 4.69) is 0 Å². The summed E-state index contributed by atoms with van der Waals surface area (Å²) in [5, 5.41) is 0. The van der Waals surface area contributed by atoms with Crippen LogP contribution >= 0.6 is 0 Å². The first-order valence-electron chi connectivity index (χ1n) is 13.0. The molecule has 2 atom stereocenters. The van der Waals surface area contributed by atoms with Crippen molar-refractivity contribution in [3.05, 3.63) is 11.6 Å². The van der Waals surface area contributed by atoms with Crippen LogP contribution in [0.3, 0.4) is 0 Å². The molecule has 216 valence electrons. The van der Waals surface area contributed by atoms with Gasteiger partial charge < -0.3 is 9.47 Å². The quantitative estimate of drug-likeness (QED) is 0.256. The van der Waals surface area contributed by atoms with Gasteiger partial charge in [0.05, 0.1) is 18.3 Å². The molecule has 0 aromatic carbocycles. The van der Waals surface area contributed by atoms with Crippen LogP contribution in [0.15, 0.2) is 11.6 Å². The lowest BCUT2D eigenvalue weighted by molar-refractivity contribution is -0.141. The van der Waals surface area contributed by atoms with Crippen LogP contribution in [-0.4, -0.2) is 78.9 Å². The molecule has 4 amide bonds. The minimum absolute atomic E-state index is 0.193. The molecule has 11 nitrogen and oxygen atoms in total. The number of allylic oxidation sites excluding steroid dienone is 1. The van der Waals surface area contributed by atoms with Crippen molar-refractivity contribution in [2.24, 2.45) is 5.92 Å². The van der Waals surface area contributed by atoms with E-state index in [0.717, 1.165) is 16.1 Å². The van der Waals surface area contributed by atoms with Crippen molar-refractivity contribution in [3.63, 3.8) is 0 Å². The highest BCUT2D eigenvalue weighted by molar-refractivity contribution is 7.86. The number of imide groups is 2. The zero-order valence-electron chi connectivity index (χ0n) is 23.6. The Morgan fingerprint density at radius 2 is 1.53 bits per heavy atom. The van der Waals surface area contributed by atoms with Gasteiger partial charge >= 0.3 is 12.2 Å². The van der Waals surface area contributed by atoms with Gasteiger partial charge in [-0.1, -0.05) is 6.08 Å². The van der Waals surface area contributed by atoms with Gasteiger partial charge in [-0.2, -0.15) is 8.42 Å². The van der Waals surface area contributed by atoms with E-state index >= 15 is 0 Å². The second kappa shape index (κ2) is 12.6. The lowest BCUT2D eigenvalue weighted by atomic mass is 9.89. The van der Waals surface area contributed by atoms with Gasteiger partial charge in [-0.05, 0) is 86.5 Å². The van der Waals surface area contributed by atoms with Crippen LogP contribution in [0.2, 0.25) is 0 Å². The van der Waals surface area contributed by atoms with E-state index in [1.54, 1.807) is 47.6 Å². The number of piperidine rings is 2. The van der Waals surface area contributed by atoms with Crippen LogP contribution in [-0.2, 0) is 33.4 Å². The largest absolute Gasteiger partial charge is 0.443 e. The molecule has 0 aliphatic carbocycles. The fraction of sp³-hybridized carbons (Fsp3) is 0.769. The van der Waals surface area contributed by atoms with E-state index < -0.39 is 57.3 Å². The van der Waals surface area contributed by atoms with Crippen molar-refractivity contribution in [2.75, 3.05) is 19.3 Å². The van der Waals surface area contributed by atoms with Crippen molar-refractivity contribution in [1.82, 2.24) is 9.80 Å². The zero-order valence-corrected chi connectivity index (χ0v) is 24.4. The third-order valence-corrected chi connectivity index (χ3v) is 6.48. The van der Waals surface area contributed by atoms with Gasteiger partial charge in [0.25, 0.3) is 16.0 Å². The maximum absolute atomic E-state index is 13.1. The van der Waals surface area contributed by atoms with Crippen LogP contribution < -0.4 is 0 Å². The molecule has 2 saturated heterocycles. The molecule has 0 spiro atoms. The summed E-state index contributed by atoms with van der Waals surface area (Å²) in [7, 11) is -3.88. The minimum atomic E-state index is -3.88. The lowest BCUT2D eigenvalue weighted by Crippen LogP contribution is -2.50. The first-order valence-corrected chi connectivity index (χ1v) is 14.9. The second-order valence-electron chi connectivity index (χ2n) is 11.8. The monoisotopic (exact) mass is 558 g/mol. The van der Waals surface area contributed by atoms with Crippen molar-refractivity contribution in [3.8, 4) is 0 Å². The Morgan fingerprint density at radius 1 is 0.974 bits per heavy atom. The van der Waals surface area contributed by atoms with E-state index in [4.69, 9.17) is 13.7 Å². The topological polar surface area (TPSA) is 137 Å². The van der Waals surface area contributed by atoms with Crippen LogP contribution in [0.25, 0.3) is 0 Å². The molecule has 0 N–H and O–H groups in total. The van der Waals surface area contributed by atoms with E-state index in [1.807, 2.05) is 0 Å². The van der Waals surface area contributed by atoms with E-state index in [1.165, 1.54) is 0 Å². The SMILES string of the molecule is CC(C)(C)OC(=O)N1CCC/C(=C\CCCC(OS(C)(=O)=O)C2CCCN(C(=O)OC(C)(C)C)C2=O)C1=O. The molecule has 2 aliphatic heterocycles. The average Bonchev–Trinajstić information content (AvgIpc) is 2.73. The number of unbranched alkanes of at least 4 members (excludes halogenated alkanes) is 1. The number of nitrogens with zero attached hydrogens (tertiary/aromatic N) is 2. The highest BCUT2D eigenvalue weighted by Gasteiger charge is 2.40. The normalized spacial score (nSPS) is 21.4. The van der Waals surface area contributed by atoms with Crippen LogP contribution in [0.5, 0.6) is 0 Å². The molecule has 0 radical (unpaired) electrons. The molecule has 2 unspecified atom stereocenters. The fourth-order valence-corrected chi connectivity index (χ4v) is 5.05. The van der Waals surface area contributed by atoms with Gasteiger partial charge in [0.1, 0.15) is 11.2 Å². The summed E-state index contributed by atoms with van der Waals surface area (Å²) in [5.41, 5.74) is -1.01. The fourth-order valence-electron chi connectivity index (χ4n) is 4.37.